The van der Waals surface area contributed by atoms with E-state index in [4.69, 9.17) is 14.2 Å². The zero-order chi connectivity index (χ0) is 24.9. The smallest absolute Gasteiger partial charge is 0.407 e. The first kappa shape index (κ1) is 24.1. The highest BCUT2D eigenvalue weighted by atomic mass is 16.5. The van der Waals surface area contributed by atoms with Gasteiger partial charge in [0.2, 0.25) is 0 Å². The topological polar surface area (TPSA) is 94.9 Å². The number of morpholine rings is 1. The Morgan fingerprint density at radius 1 is 1.11 bits per heavy atom. The third-order valence-corrected chi connectivity index (χ3v) is 6.90. The lowest BCUT2D eigenvalue weighted by Gasteiger charge is -2.31. The molecule has 2 aromatic carbocycles. The van der Waals surface area contributed by atoms with Crippen LogP contribution in [-0.4, -0.2) is 54.1 Å². The Kier molecular flexibility index (Phi) is 7.36. The summed E-state index contributed by atoms with van der Waals surface area (Å²) in [6, 6.07) is 13.7. The first-order chi connectivity index (χ1) is 17.6. The molecule has 1 saturated heterocycles. The molecule has 9 heteroatoms. The Balaban J connectivity index is 1.23. The number of hydrogen-bond acceptors (Lipinski definition) is 7. The average Bonchev–Trinajstić information content (AvgIpc) is 2.91. The van der Waals surface area contributed by atoms with Crippen LogP contribution in [-0.2, 0) is 23.1 Å². The molecule has 2 fully saturated rings. The number of benzene rings is 2. The van der Waals surface area contributed by atoms with Gasteiger partial charge in [-0.15, -0.1) is 0 Å². The van der Waals surface area contributed by atoms with E-state index in [9.17, 15) is 9.59 Å². The molecule has 5 rings (SSSR count). The summed E-state index contributed by atoms with van der Waals surface area (Å²) < 4.78 is 18.9. The van der Waals surface area contributed by atoms with Gasteiger partial charge < -0.3 is 29.0 Å². The fourth-order valence-corrected chi connectivity index (χ4v) is 4.87. The van der Waals surface area contributed by atoms with Gasteiger partial charge in [0, 0.05) is 37.9 Å². The van der Waals surface area contributed by atoms with Crippen LogP contribution in [0, 0.1) is 0 Å². The number of anilines is 1. The normalized spacial score (nSPS) is 20.2. The molecule has 1 aromatic heterocycles. The van der Waals surface area contributed by atoms with Gasteiger partial charge in [0.15, 0.2) is 0 Å². The number of aryl methyl sites for hydroxylation is 1. The van der Waals surface area contributed by atoms with Crippen LogP contribution in [0.25, 0.3) is 11.0 Å². The monoisotopic (exact) mass is 492 g/mol. The third kappa shape index (κ3) is 5.62. The Hall–Kier alpha value is -3.59. The van der Waals surface area contributed by atoms with Gasteiger partial charge in [-0.3, -0.25) is 4.79 Å². The summed E-state index contributed by atoms with van der Waals surface area (Å²) in [6.45, 7) is 3.21. The standard InChI is InChI=1S/C27H32N4O5/c1-30-25(32)17-28-23-15-21(31-11-13-34-14-12-31)16-24(26(23)30)36-22-9-7-20(8-10-22)29-27(33)35-18-19-5-3-2-4-6-19/h2-6,15-17,20,22H,7-14,18H2,1H3,(H,29,33). The van der Waals surface area contributed by atoms with Crippen molar-refractivity contribution in [1.82, 2.24) is 14.9 Å². The first-order valence-electron chi connectivity index (χ1n) is 12.5. The van der Waals surface area contributed by atoms with E-state index in [1.54, 1.807) is 11.6 Å². The fourth-order valence-electron chi connectivity index (χ4n) is 4.87. The van der Waals surface area contributed by atoms with Crippen molar-refractivity contribution in [3.63, 3.8) is 0 Å². The van der Waals surface area contributed by atoms with Gasteiger partial charge in [0.25, 0.3) is 5.56 Å². The number of fused-ring (bicyclic) bond motifs is 1. The van der Waals surface area contributed by atoms with E-state index in [1.165, 1.54) is 6.20 Å². The molecule has 1 amide bonds. The quantitative estimate of drug-likeness (QED) is 0.564. The van der Waals surface area contributed by atoms with Crippen LogP contribution in [0.4, 0.5) is 10.5 Å². The molecule has 36 heavy (non-hydrogen) atoms. The van der Waals surface area contributed by atoms with Crippen LogP contribution in [0.15, 0.2) is 53.5 Å². The van der Waals surface area contributed by atoms with Gasteiger partial charge in [-0.2, -0.15) is 0 Å². The number of rotatable bonds is 6. The molecule has 1 aliphatic carbocycles. The molecule has 1 N–H and O–H groups in total. The molecule has 0 atom stereocenters. The zero-order valence-corrected chi connectivity index (χ0v) is 20.5. The van der Waals surface area contributed by atoms with E-state index in [-0.39, 0.29) is 24.3 Å². The molecule has 1 saturated carbocycles. The molecule has 1 aliphatic heterocycles. The fraction of sp³-hybridized carbons (Fsp3) is 0.444. The number of ether oxygens (including phenoxy) is 3. The Labute approximate surface area is 210 Å². The van der Waals surface area contributed by atoms with Gasteiger partial charge in [-0.25, -0.2) is 9.78 Å². The summed E-state index contributed by atoms with van der Waals surface area (Å²) in [5.74, 6) is 0.667. The lowest BCUT2D eigenvalue weighted by atomic mass is 9.93. The highest BCUT2D eigenvalue weighted by Gasteiger charge is 2.26. The second-order valence-electron chi connectivity index (χ2n) is 9.36. The van der Waals surface area contributed by atoms with Crippen LogP contribution in [0.3, 0.4) is 0 Å². The molecular formula is C27H32N4O5. The number of carbonyl (C=O) groups excluding carboxylic acids is 1. The van der Waals surface area contributed by atoms with Crippen molar-refractivity contribution >= 4 is 22.8 Å². The number of nitrogens with zero attached hydrogens (tertiary/aromatic N) is 3. The SMILES string of the molecule is Cn1c(=O)cnc2cc(N3CCOCC3)cc(OC3CCC(NC(=O)OCc4ccccc4)CC3)c21. The lowest BCUT2D eigenvalue weighted by molar-refractivity contribution is 0.117. The summed E-state index contributed by atoms with van der Waals surface area (Å²) in [6.07, 6.45) is 4.12. The van der Waals surface area contributed by atoms with Crippen molar-refractivity contribution in [1.29, 1.82) is 0 Å². The van der Waals surface area contributed by atoms with Crippen LogP contribution < -0.4 is 20.5 Å². The second-order valence-corrected chi connectivity index (χ2v) is 9.36. The van der Waals surface area contributed by atoms with Gasteiger partial charge >= 0.3 is 6.09 Å². The molecule has 190 valence electrons. The minimum atomic E-state index is -0.395. The number of carbonyl (C=O) groups is 1. The maximum Gasteiger partial charge on any atom is 0.407 e. The second kappa shape index (κ2) is 11.0. The van der Waals surface area contributed by atoms with Gasteiger partial charge in [0.1, 0.15) is 17.9 Å². The number of aromatic nitrogens is 2. The van der Waals surface area contributed by atoms with E-state index in [2.05, 4.69) is 15.2 Å². The number of hydrogen-bond donors (Lipinski definition) is 1. The molecule has 0 radical (unpaired) electrons. The molecule has 2 heterocycles. The number of nitrogens with one attached hydrogen (secondary N) is 1. The Morgan fingerprint density at radius 2 is 1.86 bits per heavy atom. The summed E-state index contributed by atoms with van der Waals surface area (Å²) in [4.78, 5) is 31.2. The predicted molar refractivity (Wildman–Crippen MR) is 136 cm³/mol. The summed E-state index contributed by atoms with van der Waals surface area (Å²) in [5.41, 5.74) is 3.23. The summed E-state index contributed by atoms with van der Waals surface area (Å²) in [5, 5.41) is 2.98. The van der Waals surface area contributed by atoms with Gasteiger partial charge in [-0.05, 0) is 37.3 Å². The van der Waals surface area contributed by atoms with Crippen LogP contribution in [0.2, 0.25) is 0 Å². The zero-order valence-electron chi connectivity index (χ0n) is 20.5. The van der Waals surface area contributed by atoms with Crippen LogP contribution in [0.1, 0.15) is 31.2 Å². The van der Waals surface area contributed by atoms with Crippen molar-refractivity contribution in [2.24, 2.45) is 7.05 Å². The van der Waals surface area contributed by atoms with E-state index < -0.39 is 6.09 Å². The lowest BCUT2D eigenvalue weighted by Crippen LogP contribution is -2.40. The van der Waals surface area contributed by atoms with Crippen molar-refractivity contribution in [2.45, 2.75) is 44.4 Å². The van der Waals surface area contributed by atoms with Crippen LogP contribution >= 0.6 is 0 Å². The van der Waals surface area contributed by atoms with Crippen molar-refractivity contribution < 1.29 is 19.0 Å². The third-order valence-electron chi connectivity index (χ3n) is 6.90. The minimum Gasteiger partial charge on any atom is -0.488 e. The largest absolute Gasteiger partial charge is 0.488 e. The van der Waals surface area contributed by atoms with Crippen LogP contribution in [0.5, 0.6) is 5.75 Å². The van der Waals surface area contributed by atoms with E-state index in [0.29, 0.717) is 24.5 Å². The summed E-state index contributed by atoms with van der Waals surface area (Å²) in [7, 11) is 1.75. The molecule has 0 unspecified atom stereocenters. The van der Waals surface area contributed by atoms with E-state index in [0.717, 1.165) is 55.5 Å². The van der Waals surface area contributed by atoms with Gasteiger partial charge in [-0.1, -0.05) is 30.3 Å². The van der Waals surface area contributed by atoms with E-state index >= 15 is 0 Å². The molecule has 3 aromatic rings. The van der Waals surface area contributed by atoms with Crippen molar-refractivity contribution in [3.05, 3.63) is 64.6 Å². The van der Waals surface area contributed by atoms with E-state index in [1.807, 2.05) is 42.5 Å². The molecular weight excluding hydrogens is 460 g/mol. The molecule has 2 aliphatic rings. The Bertz CT molecular complexity index is 1250. The minimum absolute atomic E-state index is 0.0122. The number of amides is 1. The molecule has 9 nitrogen and oxygen atoms in total. The number of alkyl carbamates (subject to hydrolysis) is 1. The maximum absolute atomic E-state index is 12.3. The first-order valence-corrected chi connectivity index (χ1v) is 12.5. The van der Waals surface area contributed by atoms with Gasteiger partial charge in [0.05, 0.1) is 31.0 Å². The highest BCUT2D eigenvalue weighted by Crippen LogP contribution is 2.33. The average molecular weight is 493 g/mol. The van der Waals surface area contributed by atoms with Crippen molar-refractivity contribution in [2.75, 3.05) is 31.2 Å². The predicted octanol–water partition coefficient (Wildman–Crippen LogP) is 3.39. The maximum atomic E-state index is 12.3. The Morgan fingerprint density at radius 3 is 2.61 bits per heavy atom. The highest BCUT2D eigenvalue weighted by molar-refractivity contribution is 5.86. The summed E-state index contributed by atoms with van der Waals surface area (Å²) >= 11 is 0. The molecule has 0 bridgehead atoms. The molecule has 0 spiro atoms. The van der Waals surface area contributed by atoms with Crippen molar-refractivity contribution in [3.8, 4) is 5.75 Å².